The molecule has 15 atom stereocenters. The third kappa shape index (κ3) is 6.74. The summed E-state index contributed by atoms with van der Waals surface area (Å²) in [7, 11) is -4.13. The first kappa shape index (κ1) is 35.9. The molecule has 0 bridgehead atoms. The zero-order chi connectivity index (χ0) is 33.8. The molecule has 0 spiro atoms. The van der Waals surface area contributed by atoms with Crippen molar-refractivity contribution in [2.45, 2.75) is 128 Å². The molecule has 1 amide bonds. The number of carbonyl (C=O) groups is 2. The van der Waals surface area contributed by atoms with Crippen LogP contribution in [0.25, 0.3) is 0 Å². The molecule has 7 N–H and O–H groups in total. The molecule has 5 rings (SSSR count). The van der Waals surface area contributed by atoms with Crippen LogP contribution in [-0.2, 0) is 29.2 Å². The van der Waals surface area contributed by atoms with Gasteiger partial charge in [-0.1, -0.05) is 20.8 Å². The summed E-state index contributed by atoms with van der Waals surface area (Å²) in [6, 6.07) is 0. The third-order valence-electron chi connectivity index (χ3n) is 13.1. The summed E-state index contributed by atoms with van der Waals surface area (Å²) < 4.78 is 42.2. The van der Waals surface area contributed by atoms with Crippen molar-refractivity contribution in [1.29, 1.82) is 0 Å². The number of aliphatic carboxylic acids is 1. The van der Waals surface area contributed by atoms with Gasteiger partial charge in [0.15, 0.2) is 12.4 Å². The quantitative estimate of drug-likeness (QED) is 0.129. The maximum absolute atomic E-state index is 12.3. The monoisotopic (exact) mass is 675 g/mol. The van der Waals surface area contributed by atoms with Gasteiger partial charge < -0.3 is 40.3 Å². The van der Waals surface area contributed by atoms with E-state index in [0.717, 1.165) is 32.1 Å². The Kier molecular flexibility index (Phi) is 10.5. The molecular formula is C32H53NO12S. The summed E-state index contributed by atoms with van der Waals surface area (Å²) in [5.74, 6) is -0.235. The summed E-state index contributed by atoms with van der Waals surface area (Å²) in [5, 5.41) is 54.5. The lowest BCUT2D eigenvalue weighted by molar-refractivity contribution is -0.310. The Labute approximate surface area is 271 Å². The second-order valence-electron chi connectivity index (χ2n) is 15.4. The van der Waals surface area contributed by atoms with E-state index < -0.39 is 58.7 Å². The number of carboxylic acids is 1. The number of aliphatic hydroxyl groups excluding tert-OH is 4. The van der Waals surface area contributed by atoms with Gasteiger partial charge in [0.05, 0.1) is 18.0 Å². The molecule has 46 heavy (non-hydrogen) atoms. The van der Waals surface area contributed by atoms with Crippen LogP contribution in [0.2, 0.25) is 0 Å². The molecule has 1 heterocycles. The van der Waals surface area contributed by atoms with Crippen molar-refractivity contribution in [2.75, 3.05) is 12.3 Å². The van der Waals surface area contributed by atoms with E-state index in [0.29, 0.717) is 49.4 Å². The molecule has 13 nitrogen and oxygen atoms in total. The highest BCUT2D eigenvalue weighted by Crippen LogP contribution is 2.68. The number of aliphatic hydroxyl groups is 4. The highest BCUT2D eigenvalue weighted by Gasteiger charge is 2.64. The molecule has 5 aliphatic rings. The average Bonchev–Trinajstić information content (AvgIpc) is 3.34. The van der Waals surface area contributed by atoms with Crippen molar-refractivity contribution >= 4 is 22.0 Å². The number of amides is 1. The Bertz CT molecular complexity index is 1230. The number of fused-ring (bicyclic) bond motifs is 5. The first-order valence-corrected chi connectivity index (χ1v) is 18.6. The molecule has 0 aromatic rings. The molecule has 1 aliphatic heterocycles. The highest BCUT2D eigenvalue weighted by atomic mass is 32.2. The Morgan fingerprint density at radius 3 is 2.37 bits per heavy atom. The van der Waals surface area contributed by atoms with Crippen LogP contribution in [0.4, 0.5) is 0 Å². The van der Waals surface area contributed by atoms with E-state index in [9.17, 15) is 43.5 Å². The third-order valence-corrected chi connectivity index (χ3v) is 13.9. The lowest BCUT2D eigenvalue weighted by Crippen LogP contribution is -2.61. The van der Waals surface area contributed by atoms with E-state index in [1.165, 1.54) is 0 Å². The van der Waals surface area contributed by atoms with E-state index in [4.69, 9.17) is 14.0 Å². The van der Waals surface area contributed by atoms with E-state index in [-0.39, 0.29) is 47.6 Å². The van der Waals surface area contributed by atoms with Gasteiger partial charge in [0.2, 0.25) is 5.91 Å². The predicted octanol–water partition coefficient (Wildman–Crippen LogP) is 1.31. The van der Waals surface area contributed by atoms with Gasteiger partial charge >= 0.3 is 5.97 Å². The molecule has 1 unspecified atom stereocenters. The summed E-state index contributed by atoms with van der Waals surface area (Å²) in [6.45, 7) is 6.59. The van der Waals surface area contributed by atoms with Crippen molar-refractivity contribution in [1.82, 2.24) is 5.32 Å². The largest absolute Gasteiger partial charge is 0.479 e. The normalized spacial score (nSPS) is 46.4. The van der Waals surface area contributed by atoms with Crippen LogP contribution >= 0.6 is 0 Å². The second kappa shape index (κ2) is 13.5. The Morgan fingerprint density at radius 2 is 1.70 bits per heavy atom. The van der Waals surface area contributed by atoms with Crippen LogP contribution in [0, 0.1) is 46.3 Å². The van der Waals surface area contributed by atoms with Crippen molar-refractivity contribution in [3.63, 3.8) is 0 Å². The van der Waals surface area contributed by atoms with Crippen molar-refractivity contribution in [3.8, 4) is 0 Å². The molecule has 0 radical (unpaired) electrons. The van der Waals surface area contributed by atoms with Crippen molar-refractivity contribution in [3.05, 3.63) is 0 Å². The summed E-state index contributed by atoms with van der Waals surface area (Å²) in [5.41, 5.74) is -0.271. The highest BCUT2D eigenvalue weighted by molar-refractivity contribution is 7.85. The predicted molar refractivity (Wildman–Crippen MR) is 164 cm³/mol. The van der Waals surface area contributed by atoms with Crippen LogP contribution < -0.4 is 5.32 Å². The molecule has 4 saturated carbocycles. The minimum absolute atomic E-state index is 0.0136. The first-order valence-electron chi connectivity index (χ1n) is 16.9. The number of ether oxygens (including phenoxy) is 2. The summed E-state index contributed by atoms with van der Waals surface area (Å²) >= 11 is 0. The average molecular weight is 676 g/mol. The standard InChI is InChI=1S/C32H53NO12S/c1-16(4-9-24(35)33-12-13-46(41,42)43)20-7-8-21-19-6-5-17-14-18(10-11-31(17,2)22(19)15-23(34)32(20,21)3)44-30-27(38)25(36)26(37)28(45-30)29(39)40/h16-23,25-28,30,34,36-38H,4-15H2,1-3H3,(H,33,35)(H,39,40)(H,41,42,43)/t16-,17-,18?,19+,20-,21+,22+,23+,25+,26+,27-,28+,30-,31+,32-/m1/s1. The van der Waals surface area contributed by atoms with Gasteiger partial charge in [-0.25, -0.2) is 4.79 Å². The molecular weight excluding hydrogens is 622 g/mol. The van der Waals surface area contributed by atoms with Crippen LogP contribution in [-0.4, -0.2) is 106 Å². The van der Waals surface area contributed by atoms with Crippen molar-refractivity contribution < 1.29 is 57.6 Å². The van der Waals surface area contributed by atoms with E-state index in [1.54, 1.807) is 0 Å². The first-order chi connectivity index (χ1) is 21.5. The Balaban J connectivity index is 1.19. The lowest BCUT2D eigenvalue weighted by atomic mass is 9.43. The molecule has 0 aromatic heterocycles. The van der Waals surface area contributed by atoms with Crippen LogP contribution in [0.5, 0.6) is 0 Å². The summed E-state index contributed by atoms with van der Waals surface area (Å²) in [6.07, 6.45) is -0.976. The molecule has 264 valence electrons. The zero-order valence-electron chi connectivity index (χ0n) is 27.0. The van der Waals surface area contributed by atoms with Crippen LogP contribution in [0.1, 0.15) is 85.0 Å². The SMILES string of the molecule is C[C@H](CCC(=O)NCCS(=O)(=O)O)[C@H]1CC[C@H]2[C@@H]3CC[C@@H]4CC(O[C@@H]5O[C@H](C(=O)O)[C@@H](O)[C@H](O)[C@H]5O)CC[C@]4(C)[C@H]3C[C@H](O)[C@]12C. The molecule has 0 aromatic carbocycles. The number of rotatable bonds is 10. The zero-order valence-corrected chi connectivity index (χ0v) is 27.8. The fraction of sp³-hybridized carbons (Fsp3) is 0.938. The van der Waals surface area contributed by atoms with Gasteiger partial charge in [-0.3, -0.25) is 9.35 Å². The van der Waals surface area contributed by atoms with Crippen molar-refractivity contribution in [2.24, 2.45) is 46.3 Å². The van der Waals surface area contributed by atoms with Crippen LogP contribution in [0.15, 0.2) is 0 Å². The summed E-state index contributed by atoms with van der Waals surface area (Å²) in [4.78, 5) is 23.9. The lowest BCUT2D eigenvalue weighted by Gasteiger charge is -2.62. The van der Waals surface area contributed by atoms with Gasteiger partial charge in [-0.05, 0) is 104 Å². The molecule has 14 heteroatoms. The van der Waals surface area contributed by atoms with Gasteiger partial charge in [0, 0.05) is 13.0 Å². The second-order valence-corrected chi connectivity index (χ2v) is 16.9. The van der Waals surface area contributed by atoms with Gasteiger partial charge in [0.25, 0.3) is 10.1 Å². The smallest absolute Gasteiger partial charge is 0.335 e. The fourth-order valence-corrected chi connectivity index (χ4v) is 10.9. The number of hydrogen-bond acceptors (Lipinski definition) is 10. The number of nitrogens with one attached hydrogen (secondary N) is 1. The minimum Gasteiger partial charge on any atom is -0.479 e. The number of carbonyl (C=O) groups excluding carboxylic acids is 1. The fourth-order valence-electron chi connectivity index (χ4n) is 10.6. The topological polar surface area (TPSA) is 220 Å². The van der Waals surface area contributed by atoms with E-state index >= 15 is 0 Å². The van der Waals surface area contributed by atoms with Gasteiger partial charge in [-0.15, -0.1) is 0 Å². The minimum atomic E-state index is -4.13. The maximum atomic E-state index is 12.3. The Morgan fingerprint density at radius 1 is 0.978 bits per heavy atom. The maximum Gasteiger partial charge on any atom is 0.335 e. The van der Waals surface area contributed by atoms with E-state index in [1.807, 2.05) is 0 Å². The molecule has 5 fully saturated rings. The Hall–Kier alpha value is -1.39. The number of carboxylic acid groups (broad SMARTS) is 1. The van der Waals surface area contributed by atoms with Gasteiger partial charge in [-0.2, -0.15) is 8.42 Å². The van der Waals surface area contributed by atoms with Gasteiger partial charge in [0.1, 0.15) is 18.3 Å². The molecule has 4 aliphatic carbocycles. The number of hydrogen-bond donors (Lipinski definition) is 7. The molecule has 1 saturated heterocycles. The van der Waals surface area contributed by atoms with E-state index in [2.05, 4.69) is 26.1 Å². The van der Waals surface area contributed by atoms with Crippen LogP contribution in [0.3, 0.4) is 0 Å².